The van der Waals surface area contributed by atoms with Crippen molar-refractivity contribution in [1.29, 1.82) is 0 Å². The Morgan fingerprint density at radius 3 is 2.64 bits per heavy atom. The van der Waals surface area contributed by atoms with Crippen LogP contribution in [-0.2, 0) is 18.4 Å². The number of nitrogens with zero attached hydrogens (tertiary/aromatic N) is 6. The van der Waals surface area contributed by atoms with Crippen LogP contribution in [-0.4, -0.2) is 67.3 Å². The van der Waals surface area contributed by atoms with Crippen molar-refractivity contribution in [1.82, 2.24) is 29.1 Å². The summed E-state index contributed by atoms with van der Waals surface area (Å²) in [7, 11) is 1.74. The molecule has 2 aromatic heterocycles. The van der Waals surface area contributed by atoms with Gasteiger partial charge in [0.1, 0.15) is 18.3 Å². The zero-order valence-corrected chi connectivity index (χ0v) is 14.6. The lowest BCUT2D eigenvalue weighted by atomic mass is 10.2. The molecule has 2 fully saturated rings. The third kappa shape index (κ3) is 3.06. The van der Waals surface area contributed by atoms with Gasteiger partial charge in [-0.1, -0.05) is 12.8 Å². The van der Waals surface area contributed by atoms with E-state index in [-0.39, 0.29) is 18.0 Å². The van der Waals surface area contributed by atoms with E-state index >= 15 is 0 Å². The molecule has 1 amide bonds. The minimum absolute atomic E-state index is 0.0155. The smallest absolute Gasteiger partial charge is 0.264 e. The summed E-state index contributed by atoms with van der Waals surface area (Å²) in [6, 6.07) is 0.706. The Balaban J connectivity index is 1.41. The average molecular weight is 344 g/mol. The summed E-state index contributed by atoms with van der Waals surface area (Å²) in [5.74, 6) is -0.0155. The van der Waals surface area contributed by atoms with Gasteiger partial charge in [-0.25, -0.2) is 4.98 Å². The molecule has 2 aliphatic rings. The van der Waals surface area contributed by atoms with E-state index in [1.807, 2.05) is 4.90 Å². The first kappa shape index (κ1) is 16.3. The van der Waals surface area contributed by atoms with Crippen LogP contribution in [0.15, 0.2) is 17.3 Å². The highest BCUT2D eigenvalue weighted by Crippen LogP contribution is 2.24. The molecule has 4 rings (SSSR count). The van der Waals surface area contributed by atoms with E-state index in [2.05, 4.69) is 15.0 Å². The normalized spacial score (nSPS) is 19.8. The maximum absolute atomic E-state index is 12.6. The molecule has 8 nitrogen and oxygen atoms in total. The van der Waals surface area contributed by atoms with E-state index in [0.717, 1.165) is 26.2 Å². The number of hydrogen-bond acceptors (Lipinski definition) is 5. The van der Waals surface area contributed by atoms with E-state index < -0.39 is 0 Å². The van der Waals surface area contributed by atoms with E-state index in [4.69, 9.17) is 0 Å². The van der Waals surface area contributed by atoms with Gasteiger partial charge in [0.05, 0.1) is 6.20 Å². The van der Waals surface area contributed by atoms with Crippen LogP contribution in [0.5, 0.6) is 0 Å². The summed E-state index contributed by atoms with van der Waals surface area (Å²) in [5.41, 5.74) is 0.329. The fraction of sp³-hybridized carbons (Fsp3) is 0.647. The maximum atomic E-state index is 12.6. The second kappa shape index (κ2) is 6.59. The molecular formula is C17H24N6O2. The lowest BCUT2D eigenvalue weighted by molar-refractivity contribution is -0.134. The lowest BCUT2D eigenvalue weighted by Crippen LogP contribution is -2.52. The van der Waals surface area contributed by atoms with Crippen LogP contribution >= 0.6 is 0 Å². The van der Waals surface area contributed by atoms with Crippen LogP contribution < -0.4 is 5.56 Å². The zero-order valence-electron chi connectivity index (χ0n) is 14.6. The molecular weight excluding hydrogens is 320 g/mol. The molecule has 0 unspecified atom stereocenters. The van der Waals surface area contributed by atoms with Crippen molar-refractivity contribution in [3.05, 3.63) is 22.9 Å². The summed E-state index contributed by atoms with van der Waals surface area (Å²) >= 11 is 0. The van der Waals surface area contributed by atoms with Crippen molar-refractivity contribution in [2.45, 2.75) is 38.3 Å². The second-order valence-corrected chi connectivity index (χ2v) is 7.04. The molecule has 1 aliphatic carbocycles. The summed E-state index contributed by atoms with van der Waals surface area (Å²) in [6.07, 6.45) is 8.19. The van der Waals surface area contributed by atoms with Gasteiger partial charge < -0.3 is 4.90 Å². The first-order valence-electron chi connectivity index (χ1n) is 9.02. The Morgan fingerprint density at radius 2 is 1.92 bits per heavy atom. The average Bonchev–Trinajstić information content (AvgIpc) is 3.28. The number of carbonyl (C=O) groups excluding carboxylic acids is 1. The third-order valence-corrected chi connectivity index (χ3v) is 5.53. The Kier molecular flexibility index (Phi) is 4.29. The van der Waals surface area contributed by atoms with Gasteiger partial charge in [0.2, 0.25) is 5.91 Å². The molecule has 1 saturated carbocycles. The topological polar surface area (TPSA) is 76.3 Å². The fourth-order valence-corrected chi connectivity index (χ4v) is 4.03. The lowest BCUT2D eigenvalue weighted by Gasteiger charge is -2.38. The number of fused-ring (bicyclic) bond motifs is 1. The van der Waals surface area contributed by atoms with Crippen molar-refractivity contribution in [2.24, 2.45) is 7.05 Å². The molecule has 0 N–H and O–H groups in total. The van der Waals surface area contributed by atoms with Crippen molar-refractivity contribution in [2.75, 3.05) is 26.2 Å². The standard InChI is InChI=1S/C17H24N6O2/c1-20-16-14(10-19-20)17(25)23(12-18-16)11-15(24)22-8-6-21(7-9-22)13-4-2-3-5-13/h10,12-13H,2-9,11H2,1H3. The first-order valence-corrected chi connectivity index (χ1v) is 9.02. The molecule has 25 heavy (non-hydrogen) atoms. The summed E-state index contributed by atoms with van der Waals surface area (Å²) < 4.78 is 2.95. The molecule has 1 aliphatic heterocycles. The van der Waals surface area contributed by atoms with Crippen molar-refractivity contribution >= 4 is 16.9 Å². The molecule has 3 heterocycles. The largest absolute Gasteiger partial charge is 0.339 e. The van der Waals surface area contributed by atoms with Gasteiger partial charge in [0, 0.05) is 39.3 Å². The molecule has 8 heteroatoms. The highest BCUT2D eigenvalue weighted by molar-refractivity contribution is 5.77. The summed E-state index contributed by atoms with van der Waals surface area (Å²) in [6.45, 7) is 3.40. The fourth-order valence-electron chi connectivity index (χ4n) is 4.03. The minimum atomic E-state index is -0.212. The molecule has 0 bridgehead atoms. The van der Waals surface area contributed by atoms with E-state index in [1.165, 1.54) is 42.8 Å². The number of rotatable bonds is 3. The number of piperazine rings is 1. The Morgan fingerprint density at radius 1 is 1.20 bits per heavy atom. The van der Waals surface area contributed by atoms with E-state index in [9.17, 15) is 9.59 Å². The van der Waals surface area contributed by atoms with Crippen LogP contribution in [0, 0.1) is 0 Å². The SMILES string of the molecule is Cn1ncc2c(=O)n(CC(=O)N3CCN(C4CCCC4)CC3)cnc21. The van der Waals surface area contributed by atoms with Gasteiger partial charge in [-0.2, -0.15) is 5.10 Å². The summed E-state index contributed by atoms with van der Waals surface area (Å²) in [4.78, 5) is 33.7. The van der Waals surface area contributed by atoms with Crippen molar-refractivity contribution < 1.29 is 4.79 Å². The number of aryl methyl sites for hydroxylation is 1. The van der Waals surface area contributed by atoms with Crippen LogP contribution in [0.3, 0.4) is 0 Å². The van der Waals surface area contributed by atoms with Crippen LogP contribution in [0.2, 0.25) is 0 Å². The number of hydrogen-bond donors (Lipinski definition) is 0. The first-order chi connectivity index (χ1) is 12.1. The van der Waals surface area contributed by atoms with Gasteiger partial charge in [-0.15, -0.1) is 0 Å². The molecule has 0 aromatic carbocycles. The zero-order chi connectivity index (χ0) is 17.4. The van der Waals surface area contributed by atoms with E-state index in [1.54, 1.807) is 11.7 Å². The van der Waals surface area contributed by atoms with Gasteiger partial charge in [0.25, 0.3) is 5.56 Å². The quantitative estimate of drug-likeness (QED) is 0.796. The van der Waals surface area contributed by atoms with Crippen LogP contribution in [0.1, 0.15) is 25.7 Å². The second-order valence-electron chi connectivity index (χ2n) is 7.04. The maximum Gasteiger partial charge on any atom is 0.264 e. The number of aromatic nitrogens is 4. The van der Waals surface area contributed by atoms with Crippen LogP contribution in [0.4, 0.5) is 0 Å². The third-order valence-electron chi connectivity index (χ3n) is 5.53. The number of amides is 1. The highest BCUT2D eigenvalue weighted by atomic mass is 16.2. The van der Waals surface area contributed by atoms with Gasteiger partial charge in [-0.3, -0.25) is 23.7 Å². The van der Waals surface area contributed by atoms with Crippen molar-refractivity contribution in [3.8, 4) is 0 Å². The molecule has 0 atom stereocenters. The van der Waals surface area contributed by atoms with E-state index in [0.29, 0.717) is 17.1 Å². The minimum Gasteiger partial charge on any atom is -0.339 e. The Labute approximate surface area is 146 Å². The number of carbonyl (C=O) groups is 1. The predicted octanol–water partition coefficient (Wildman–Crippen LogP) is 0.217. The van der Waals surface area contributed by atoms with Crippen molar-refractivity contribution in [3.63, 3.8) is 0 Å². The van der Waals surface area contributed by atoms with Gasteiger partial charge in [0.15, 0.2) is 5.65 Å². The Bertz CT molecular complexity index is 827. The Hall–Kier alpha value is -2.22. The molecule has 2 aromatic rings. The molecule has 0 spiro atoms. The van der Waals surface area contributed by atoms with Gasteiger partial charge >= 0.3 is 0 Å². The van der Waals surface area contributed by atoms with Crippen LogP contribution in [0.25, 0.3) is 11.0 Å². The summed E-state index contributed by atoms with van der Waals surface area (Å²) in [5, 5.41) is 4.50. The molecule has 134 valence electrons. The predicted molar refractivity (Wildman–Crippen MR) is 93.2 cm³/mol. The van der Waals surface area contributed by atoms with Gasteiger partial charge in [-0.05, 0) is 12.8 Å². The molecule has 0 radical (unpaired) electrons. The highest BCUT2D eigenvalue weighted by Gasteiger charge is 2.28. The monoisotopic (exact) mass is 344 g/mol. The molecule has 1 saturated heterocycles.